The maximum absolute atomic E-state index is 12.0. The Morgan fingerprint density at radius 3 is 2.15 bits per heavy atom. The van der Waals surface area contributed by atoms with Crippen LogP contribution in [0.4, 0.5) is 0 Å². The molecule has 0 saturated heterocycles. The number of rotatable bonds is 5. The molecule has 0 heterocycles. The molecule has 0 bridgehead atoms. The van der Waals surface area contributed by atoms with Crippen molar-refractivity contribution in [1.29, 1.82) is 0 Å². The van der Waals surface area contributed by atoms with Gasteiger partial charge >= 0.3 is 0 Å². The zero-order valence-corrected chi connectivity index (χ0v) is 13.3. The highest BCUT2D eigenvalue weighted by Gasteiger charge is 2.35. The number of carbonyl (C=O) groups is 2. The predicted molar refractivity (Wildman–Crippen MR) is 81.0 cm³/mol. The molecule has 0 saturated carbocycles. The third kappa shape index (κ3) is 5.75. The molecule has 1 aromatic carbocycles. The summed E-state index contributed by atoms with van der Waals surface area (Å²) in [5, 5.41) is 0.574. The molecular weight excluding hydrogens is 346 g/mol. The molecule has 110 valence electrons. The SMILES string of the molecule is NC(=O)CCN(Cc1ccc(Cl)cc1)C(=O)C(Cl)(Cl)Cl. The average Bonchev–Trinajstić information content (AvgIpc) is 2.34. The monoisotopic (exact) mass is 356 g/mol. The van der Waals surface area contributed by atoms with Gasteiger partial charge < -0.3 is 10.6 Å². The molecule has 0 aliphatic carbocycles. The fourth-order valence-corrected chi connectivity index (χ4v) is 1.97. The van der Waals surface area contributed by atoms with Crippen molar-refractivity contribution in [2.45, 2.75) is 16.8 Å². The lowest BCUT2D eigenvalue weighted by Gasteiger charge is -2.25. The van der Waals surface area contributed by atoms with Gasteiger partial charge in [0.05, 0.1) is 0 Å². The van der Waals surface area contributed by atoms with Crippen molar-refractivity contribution < 1.29 is 9.59 Å². The quantitative estimate of drug-likeness (QED) is 0.823. The average molecular weight is 358 g/mol. The number of amides is 2. The molecule has 0 radical (unpaired) electrons. The number of hydrogen-bond donors (Lipinski definition) is 1. The molecule has 1 aromatic rings. The number of carbonyl (C=O) groups excluding carboxylic acids is 2. The van der Waals surface area contributed by atoms with E-state index >= 15 is 0 Å². The molecule has 1 rings (SSSR count). The number of nitrogens with zero attached hydrogens (tertiary/aromatic N) is 1. The summed E-state index contributed by atoms with van der Waals surface area (Å²) in [7, 11) is 0. The minimum absolute atomic E-state index is 0.0138. The number of benzene rings is 1. The van der Waals surface area contributed by atoms with Crippen LogP contribution in [-0.2, 0) is 16.1 Å². The highest BCUT2D eigenvalue weighted by Crippen LogP contribution is 2.29. The lowest BCUT2D eigenvalue weighted by molar-refractivity contribution is -0.131. The fourth-order valence-electron chi connectivity index (χ4n) is 1.49. The molecule has 0 unspecified atom stereocenters. The summed E-state index contributed by atoms with van der Waals surface area (Å²) < 4.78 is -2.08. The Bertz CT molecular complexity index is 485. The smallest absolute Gasteiger partial charge is 0.275 e. The van der Waals surface area contributed by atoms with E-state index in [1.807, 2.05) is 0 Å². The molecule has 0 aromatic heterocycles. The van der Waals surface area contributed by atoms with Crippen LogP contribution < -0.4 is 5.73 Å². The molecule has 20 heavy (non-hydrogen) atoms. The summed E-state index contributed by atoms with van der Waals surface area (Å²) in [5.74, 6) is -1.25. The third-order valence-electron chi connectivity index (χ3n) is 2.44. The molecule has 0 aliphatic heterocycles. The molecular formula is C12H12Cl4N2O2. The first-order chi connectivity index (χ1) is 9.20. The van der Waals surface area contributed by atoms with Crippen molar-refractivity contribution in [2.24, 2.45) is 5.73 Å². The minimum atomic E-state index is -2.08. The second kappa shape index (κ2) is 7.36. The van der Waals surface area contributed by atoms with Crippen molar-refractivity contribution in [3.63, 3.8) is 0 Å². The van der Waals surface area contributed by atoms with Crippen LogP contribution in [0.1, 0.15) is 12.0 Å². The van der Waals surface area contributed by atoms with E-state index in [1.54, 1.807) is 24.3 Å². The third-order valence-corrected chi connectivity index (χ3v) is 3.18. The van der Waals surface area contributed by atoms with Gasteiger partial charge in [-0.05, 0) is 17.7 Å². The van der Waals surface area contributed by atoms with Gasteiger partial charge in [0.2, 0.25) is 5.91 Å². The molecule has 8 heteroatoms. The van der Waals surface area contributed by atoms with E-state index in [4.69, 9.17) is 52.1 Å². The van der Waals surface area contributed by atoms with Crippen LogP contribution in [0.2, 0.25) is 5.02 Å². The number of alkyl halides is 3. The van der Waals surface area contributed by atoms with Crippen molar-refractivity contribution in [3.05, 3.63) is 34.9 Å². The van der Waals surface area contributed by atoms with Gasteiger partial charge in [0, 0.05) is 24.5 Å². The summed E-state index contributed by atoms with van der Waals surface area (Å²) in [6.45, 7) is 0.266. The number of halogens is 4. The summed E-state index contributed by atoms with van der Waals surface area (Å²) in [6, 6.07) is 6.85. The number of nitrogens with two attached hydrogens (primary N) is 1. The highest BCUT2D eigenvalue weighted by molar-refractivity contribution is 6.76. The second-order valence-corrected chi connectivity index (χ2v) is 6.78. The van der Waals surface area contributed by atoms with Crippen molar-refractivity contribution >= 4 is 58.2 Å². The van der Waals surface area contributed by atoms with Gasteiger partial charge in [0.1, 0.15) is 0 Å². The Hall–Kier alpha value is -0.680. The minimum Gasteiger partial charge on any atom is -0.370 e. The second-order valence-electron chi connectivity index (χ2n) is 4.07. The highest BCUT2D eigenvalue weighted by atomic mass is 35.6. The van der Waals surface area contributed by atoms with Crippen LogP contribution in [0.25, 0.3) is 0 Å². The predicted octanol–water partition coefficient (Wildman–Crippen LogP) is 2.91. The van der Waals surface area contributed by atoms with E-state index in [2.05, 4.69) is 0 Å². The summed E-state index contributed by atoms with van der Waals surface area (Å²) in [5.41, 5.74) is 5.86. The first-order valence-electron chi connectivity index (χ1n) is 5.59. The van der Waals surface area contributed by atoms with Gasteiger partial charge in [-0.3, -0.25) is 9.59 Å². The first kappa shape index (κ1) is 17.4. The van der Waals surface area contributed by atoms with Crippen LogP contribution >= 0.6 is 46.4 Å². The van der Waals surface area contributed by atoms with Gasteiger partial charge in [-0.2, -0.15) is 0 Å². The van der Waals surface area contributed by atoms with Crippen molar-refractivity contribution in [1.82, 2.24) is 4.90 Å². The Morgan fingerprint density at radius 2 is 1.70 bits per heavy atom. The Balaban J connectivity index is 2.84. The van der Waals surface area contributed by atoms with Gasteiger partial charge in [0.15, 0.2) is 0 Å². The molecule has 0 aliphatic rings. The van der Waals surface area contributed by atoms with Gasteiger partial charge in [-0.1, -0.05) is 58.5 Å². The number of hydrogen-bond acceptors (Lipinski definition) is 2. The zero-order valence-electron chi connectivity index (χ0n) is 10.3. The van der Waals surface area contributed by atoms with E-state index in [1.165, 1.54) is 4.90 Å². The molecule has 4 nitrogen and oxygen atoms in total. The van der Waals surface area contributed by atoms with Crippen LogP contribution in [0, 0.1) is 0 Å². The molecule has 2 N–H and O–H groups in total. The zero-order chi connectivity index (χ0) is 15.3. The maximum atomic E-state index is 12.0. The van der Waals surface area contributed by atoms with Gasteiger partial charge in [-0.25, -0.2) is 0 Å². The standard InChI is InChI=1S/C12H12Cl4N2O2/c13-9-3-1-8(2-4-9)7-18(6-5-10(17)19)11(20)12(14,15)16/h1-4H,5-7H2,(H2,17,19). The summed E-state index contributed by atoms with van der Waals surface area (Å²) in [6.07, 6.45) is -0.0138. The fraction of sp³-hybridized carbons (Fsp3) is 0.333. The lowest BCUT2D eigenvalue weighted by atomic mass is 10.2. The van der Waals surface area contributed by atoms with Crippen LogP contribution in [0.3, 0.4) is 0 Å². The van der Waals surface area contributed by atoms with Crippen LogP contribution in [-0.4, -0.2) is 27.1 Å². The first-order valence-corrected chi connectivity index (χ1v) is 7.10. The normalized spacial score (nSPS) is 11.2. The van der Waals surface area contributed by atoms with Crippen LogP contribution in [0.15, 0.2) is 24.3 Å². The summed E-state index contributed by atoms with van der Waals surface area (Å²) >= 11 is 22.5. The lowest BCUT2D eigenvalue weighted by Crippen LogP contribution is -2.40. The topological polar surface area (TPSA) is 63.4 Å². The van der Waals surface area contributed by atoms with E-state index in [9.17, 15) is 9.59 Å². The van der Waals surface area contributed by atoms with Crippen molar-refractivity contribution in [3.8, 4) is 0 Å². The molecule has 2 amide bonds. The summed E-state index contributed by atoms with van der Waals surface area (Å²) in [4.78, 5) is 24.1. The van der Waals surface area contributed by atoms with E-state index in [-0.39, 0.29) is 19.5 Å². The Morgan fingerprint density at radius 1 is 1.15 bits per heavy atom. The van der Waals surface area contributed by atoms with E-state index in [0.717, 1.165) is 5.56 Å². The molecule has 0 spiro atoms. The maximum Gasteiger partial charge on any atom is 0.275 e. The molecule has 0 fully saturated rings. The largest absolute Gasteiger partial charge is 0.370 e. The van der Waals surface area contributed by atoms with Gasteiger partial charge in [-0.15, -0.1) is 0 Å². The van der Waals surface area contributed by atoms with E-state index < -0.39 is 15.6 Å². The van der Waals surface area contributed by atoms with Crippen molar-refractivity contribution in [2.75, 3.05) is 6.54 Å². The molecule has 0 atom stereocenters. The van der Waals surface area contributed by atoms with Gasteiger partial charge in [0.25, 0.3) is 9.70 Å². The Kier molecular flexibility index (Phi) is 6.40. The Labute approximate surface area is 136 Å². The van der Waals surface area contributed by atoms with Crippen LogP contribution in [0.5, 0.6) is 0 Å². The number of primary amides is 1. The van der Waals surface area contributed by atoms with E-state index in [0.29, 0.717) is 5.02 Å².